The van der Waals surface area contributed by atoms with Crippen LogP contribution in [0.25, 0.3) is 10.9 Å². The van der Waals surface area contributed by atoms with Crippen LogP contribution in [0.5, 0.6) is 0 Å². The Morgan fingerprint density at radius 3 is 2.76 bits per heavy atom. The molecule has 0 amide bonds. The van der Waals surface area contributed by atoms with Crippen LogP contribution in [-0.2, 0) is 0 Å². The number of rotatable bonds is 2. The minimum atomic E-state index is 0.345. The molecule has 2 bridgehead atoms. The zero-order valence-corrected chi connectivity index (χ0v) is 13.1. The molecule has 2 aliphatic carbocycles. The van der Waals surface area contributed by atoms with Crippen LogP contribution in [-0.4, -0.2) is 16.2 Å². The molecule has 3 atom stereocenters. The highest BCUT2D eigenvalue weighted by molar-refractivity contribution is 5.90. The molecule has 1 heterocycles. The van der Waals surface area contributed by atoms with Gasteiger partial charge in [0.05, 0.1) is 17.4 Å². The molecule has 0 aliphatic heterocycles. The van der Waals surface area contributed by atoms with E-state index in [-0.39, 0.29) is 0 Å². The van der Waals surface area contributed by atoms with Gasteiger partial charge in [-0.15, -0.1) is 0 Å². The van der Waals surface area contributed by atoms with Crippen molar-refractivity contribution in [1.82, 2.24) is 10.2 Å². The van der Waals surface area contributed by atoms with Gasteiger partial charge in [0, 0.05) is 11.4 Å². The second-order valence-corrected chi connectivity index (χ2v) is 7.77. The summed E-state index contributed by atoms with van der Waals surface area (Å²) < 4.78 is 0. The lowest BCUT2D eigenvalue weighted by molar-refractivity contribution is 0.155. The van der Waals surface area contributed by atoms with Crippen molar-refractivity contribution in [2.24, 2.45) is 16.7 Å². The maximum Gasteiger partial charge on any atom is 0.0950 e. The minimum absolute atomic E-state index is 0.345. The topological polar surface area (TPSA) is 37.8 Å². The maximum atomic E-state index is 4.23. The standard InChI is InChI=1S/C18H23N3/c1-17(2)12-8-9-18(3,10-12)16(17)20-15-11-19-21-14-7-5-4-6-13(14)15/h4-7,11-12,16H,8-10H2,1-3H3,(H,20,21). The van der Waals surface area contributed by atoms with E-state index in [2.05, 4.69) is 48.4 Å². The first-order chi connectivity index (χ1) is 10.0. The fourth-order valence-corrected chi connectivity index (χ4v) is 4.94. The molecular weight excluding hydrogens is 258 g/mol. The summed E-state index contributed by atoms with van der Waals surface area (Å²) in [4.78, 5) is 0. The zero-order valence-electron chi connectivity index (χ0n) is 13.1. The van der Waals surface area contributed by atoms with E-state index in [9.17, 15) is 0 Å². The summed E-state index contributed by atoms with van der Waals surface area (Å²) in [6.07, 6.45) is 5.97. The Bertz CT molecular complexity index is 684. The number of hydrogen-bond acceptors (Lipinski definition) is 3. The number of benzene rings is 1. The molecule has 3 heteroatoms. The quantitative estimate of drug-likeness (QED) is 0.894. The second-order valence-electron chi connectivity index (χ2n) is 7.77. The third kappa shape index (κ3) is 1.79. The first-order valence-electron chi connectivity index (χ1n) is 7.98. The maximum absolute atomic E-state index is 4.23. The highest BCUT2D eigenvalue weighted by Gasteiger charge is 2.59. The van der Waals surface area contributed by atoms with Gasteiger partial charge in [0.15, 0.2) is 0 Å². The largest absolute Gasteiger partial charge is 0.379 e. The van der Waals surface area contributed by atoms with Crippen LogP contribution in [0.4, 0.5) is 5.69 Å². The lowest BCUT2D eigenvalue weighted by Gasteiger charge is -2.43. The van der Waals surface area contributed by atoms with Crippen LogP contribution in [0.3, 0.4) is 0 Å². The first-order valence-corrected chi connectivity index (χ1v) is 7.98. The van der Waals surface area contributed by atoms with Crippen molar-refractivity contribution in [3.05, 3.63) is 30.5 Å². The lowest BCUT2D eigenvalue weighted by atomic mass is 9.68. The van der Waals surface area contributed by atoms with Gasteiger partial charge in [0.25, 0.3) is 0 Å². The third-order valence-electron chi connectivity index (χ3n) is 6.12. The molecule has 2 fully saturated rings. The van der Waals surface area contributed by atoms with Crippen LogP contribution in [0.1, 0.15) is 40.0 Å². The molecule has 1 aromatic heterocycles. The molecule has 2 aliphatic rings. The number of anilines is 1. The van der Waals surface area contributed by atoms with Crippen LogP contribution in [0, 0.1) is 16.7 Å². The zero-order chi connectivity index (χ0) is 14.7. The van der Waals surface area contributed by atoms with Crippen LogP contribution in [0.15, 0.2) is 30.5 Å². The van der Waals surface area contributed by atoms with Gasteiger partial charge in [0.1, 0.15) is 0 Å². The van der Waals surface area contributed by atoms with Crippen molar-refractivity contribution in [2.75, 3.05) is 5.32 Å². The van der Waals surface area contributed by atoms with Crippen molar-refractivity contribution < 1.29 is 0 Å². The molecule has 110 valence electrons. The molecule has 0 spiro atoms. The number of fused-ring (bicyclic) bond motifs is 3. The van der Waals surface area contributed by atoms with Gasteiger partial charge in [-0.25, -0.2) is 0 Å². The first kappa shape index (κ1) is 13.1. The van der Waals surface area contributed by atoms with E-state index in [0.29, 0.717) is 16.9 Å². The summed E-state index contributed by atoms with van der Waals surface area (Å²) in [5.41, 5.74) is 2.86. The second kappa shape index (κ2) is 4.19. The summed E-state index contributed by atoms with van der Waals surface area (Å²) in [6, 6.07) is 8.76. The summed E-state index contributed by atoms with van der Waals surface area (Å²) in [6.45, 7) is 7.31. The van der Waals surface area contributed by atoms with E-state index in [0.717, 1.165) is 17.1 Å². The molecule has 3 nitrogen and oxygen atoms in total. The Hall–Kier alpha value is -1.64. The van der Waals surface area contributed by atoms with Crippen LogP contribution < -0.4 is 5.32 Å². The number of nitrogens with zero attached hydrogens (tertiary/aromatic N) is 2. The van der Waals surface area contributed by atoms with Gasteiger partial charge in [0.2, 0.25) is 0 Å². The molecule has 2 aromatic rings. The van der Waals surface area contributed by atoms with E-state index in [4.69, 9.17) is 0 Å². The highest BCUT2D eigenvalue weighted by atomic mass is 15.1. The molecule has 0 saturated heterocycles. The number of nitrogens with one attached hydrogen (secondary N) is 1. The van der Waals surface area contributed by atoms with Crippen molar-refractivity contribution in [2.45, 2.75) is 46.1 Å². The van der Waals surface area contributed by atoms with Crippen molar-refractivity contribution in [1.29, 1.82) is 0 Å². The molecule has 0 radical (unpaired) electrons. The lowest BCUT2D eigenvalue weighted by Crippen LogP contribution is -2.45. The van der Waals surface area contributed by atoms with Crippen molar-refractivity contribution in [3.8, 4) is 0 Å². The molecule has 2 saturated carbocycles. The Kier molecular flexibility index (Phi) is 2.60. The Morgan fingerprint density at radius 2 is 2.00 bits per heavy atom. The Balaban J connectivity index is 1.75. The average molecular weight is 281 g/mol. The van der Waals surface area contributed by atoms with Crippen molar-refractivity contribution >= 4 is 16.6 Å². The normalized spacial score (nSPS) is 33.5. The molecular formula is C18H23N3. The highest BCUT2D eigenvalue weighted by Crippen LogP contribution is 2.63. The van der Waals surface area contributed by atoms with Gasteiger partial charge >= 0.3 is 0 Å². The predicted octanol–water partition coefficient (Wildman–Crippen LogP) is 4.26. The van der Waals surface area contributed by atoms with E-state index in [1.165, 1.54) is 24.6 Å². The molecule has 3 unspecified atom stereocenters. The molecule has 4 rings (SSSR count). The van der Waals surface area contributed by atoms with E-state index in [1.54, 1.807) is 0 Å². The van der Waals surface area contributed by atoms with Gasteiger partial charge in [-0.1, -0.05) is 39.0 Å². The minimum Gasteiger partial charge on any atom is -0.379 e. The SMILES string of the molecule is CC12CCC(C1)C(C)(C)C2Nc1cnnc2ccccc12. The summed E-state index contributed by atoms with van der Waals surface area (Å²) >= 11 is 0. The third-order valence-corrected chi connectivity index (χ3v) is 6.12. The van der Waals surface area contributed by atoms with Gasteiger partial charge in [-0.3, -0.25) is 0 Å². The summed E-state index contributed by atoms with van der Waals surface area (Å²) in [7, 11) is 0. The monoisotopic (exact) mass is 281 g/mol. The van der Waals surface area contributed by atoms with E-state index < -0.39 is 0 Å². The van der Waals surface area contributed by atoms with E-state index >= 15 is 0 Å². The van der Waals surface area contributed by atoms with Gasteiger partial charge in [-0.05, 0) is 42.1 Å². The van der Waals surface area contributed by atoms with Crippen LogP contribution in [0.2, 0.25) is 0 Å². The average Bonchev–Trinajstić information content (AvgIpc) is 2.95. The number of hydrogen-bond donors (Lipinski definition) is 1. The van der Waals surface area contributed by atoms with Crippen LogP contribution >= 0.6 is 0 Å². The smallest absolute Gasteiger partial charge is 0.0950 e. The summed E-state index contributed by atoms with van der Waals surface area (Å²) in [5.74, 6) is 0.848. The summed E-state index contributed by atoms with van der Waals surface area (Å²) in [5, 5.41) is 13.4. The van der Waals surface area contributed by atoms with Crippen molar-refractivity contribution in [3.63, 3.8) is 0 Å². The molecule has 1 N–H and O–H groups in total. The predicted molar refractivity (Wildman–Crippen MR) is 86.2 cm³/mol. The van der Waals surface area contributed by atoms with E-state index in [1.807, 2.05) is 18.3 Å². The fraction of sp³-hybridized carbons (Fsp3) is 0.556. The van der Waals surface area contributed by atoms with Gasteiger partial charge < -0.3 is 5.32 Å². The molecule has 1 aromatic carbocycles. The Labute approximate surface area is 126 Å². The fourth-order valence-electron chi connectivity index (χ4n) is 4.94. The number of aromatic nitrogens is 2. The Morgan fingerprint density at radius 1 is 1.19 bits per heavy atom. The molecule has 21 heavy (non-hydrogen) atoms. The van der Waals surface area contributed by atoms with Gasteiger partial charge in [-0.2, -0.15) is 10.2 Å².